The largest absolute Gasteiger partial charge is 0.491 e. The van der Waals surface area contributed by atoms with E-state index in [-0.39, 0.29) is 18.0 Å². The van der Waals surface area contributed by atoms with E-state index >= 15 is 0 Å². The van der Waals surface area contributed by atoms with Crippen molar-refractivity contribution < 1.29 is 19.0 Å². The Bertz CT molecular complexity index is 623. The van der Waals surface area contributed by atoms with Gasteiger partial charge in [-0.25, -0.2) is 9.18 Å². The summed E-state index contributed by atoms with van der Waals surface area (Å²) >= 11 is 0. The van der Waals surface area contributed by atoms with Crippen LogP contribution in [0.4, 0.5) is 10.1 Å². The van der Waals surface area contributed by atoms with Gasteiger partial charge in [0.25, 0.3) is 0 Å². The summed E-state index contributed by atoms with van der Waals surface area (Å²) in [6, 6.07) is 11.1. The number of benzene rings is 2. The average molecular weight is 289 g/mol. The van der Waals surface area contributed by atoms with Crippen LogP contribution in [-0.2, 0) is 0 Å². The number of aromatic carboxylic acids is 1. The van der Waals surface area contributed by atoms with Crippen LogP contribution in [0.5, 0.6) is 5.75 Å². The fourth-order valence-corrected chi connectivity index (χ4v) is 1.96. The third-order valence-electron chi connectivity index (χ3n) is 2.85. The Labute approximate surface area is 122 Å². The number of carboxylic acid groups (broad SMARTS) is 1. The molecular formula is C16H16FNO3. The molecule has 0 bridgehead atoms. The van der Waals surface area contributed by atoms with Gasteiger partial charge in [-0.15, -0.1) is 0 Å². The molecule has 2 rings (SSSR count). The maximum absolute atomic E-state index is 13.2. The molecule has 0 saturated carbocycles. The van der Waals surface area contributed by atoms with Gasteiger partial charge in [-0.3, -0.25) is 0 Å². The van der Waals surface area contributed by atoms with Gasteiger partial charge in [-0.1, -0.05) is 12.1 Å². The van der Waals surface area contributed by atoms with E-state index in [2.05, 4.69) is 5.32 Å². The zero-order chi connectivity index (χ0) is 15.2. The molecule has 0 amide bonds. The number of hydrogen-bond donors (Lipinski definition) is 2. The molecule has 21 heavy (non-hydrogen) atoms. The maximum Gasteiger partial charge on any atom is 0.339 e. The van der Waals surface area contributed by atoms with Gasteiger partial charge in [0.2, 0.25) is 0 Å². The fraction of sp³-hybridized carbons (Fsp3) is 0.188. The number of para-hydroxylation sites is 1. The minimum absolute atomic E-state index is 0.124. The second kappa shape index (κ2) is 6.74. The van der Waals surface area contributed by atoms with Crippen molar-refractivity contribution in [2.45, 2.75) is 6.92 Å². The van der Waals surface area contributed by atoms with Crippen LogP contribution in [0.25, 0.3) is 0 Å². The summed E-state index contributed by atoms with van der Waals surface area (Å²) in [5.41, 5.74) is 1.62. The van der Waals surface area contributed by atoms with Crippen LogP contribution in [0, 0.1) is 12.7 Å². The molecule has 2 aromatic rings. The molecule has 0 heterocycles. The van der Waals surface area contributed by atoms with Gasteiger partial charge in [-0.05, 0) is 42.8 Å². The lowest BCUT2D eigenvalue weighted by atomic mass is 10.2. The average Bonchev–Trinajstić information content (AvgIpc) is 2.43. The number of nitrogens with one attached hydrogen (secondary N) is 1. The highest BCUT2D eigenvalue weighted by Crippen LogP contribution is 2.18. The van der Waals surface area contributed by atoms with E-state index in [1.807, 2.05) is 13.0 Å². The molecule has 0 aliphatic heterocycles. The van der Waals surface area contributed by atoms with Crippen LogP contribution in [0.1, 0.15) is 15.9 Å². The molecule has 0 atom stereocenters. The summed E-state index contributed by atoms with van der Waals surface area (Å²) in [7, 11) is 0. The van der Waals surface area contributed by atoms with E-state index in [0.29, 0.717) is 18.0 Å². The first-order valence-electron chi connectivity index (χ1n) is 6.52. The number of ether oxygens (including phenoxy) is 1. The molecule has 0 unspecified atom stereocenters. The lowest BCUT2D eigenvalue weighted by Gasteiger charge is -2.11. The predicted molar refractivity (Wildman–Crippen MR) is 78.5 cm³/mol. The smallest absolute Gasteiger partial charge is 0.339 e. The molecule has 0 fully saturated rings. The van der Waals surface area contributed by atoms with E-state index in [9.17, 15) is 9.18 Å². The SMILES string of the molecule is Cc1cc(F)cc(NCCOc2ccccc2C(=O)O)c1. The first-order chi connectivity index (χ1) is 10.1. The standard InChI is InChI=1S/C16H16FNO3/c1-11-8-12(17)10-13(9-11)18-6-7-21-15-5-3-2-4-14(15)16(19)20/h2-5,8-10,18H,6-7H2,1H3,(H,19,20). The molecule has 0 radical (unpaired) electrons. The molecule has 0 aliphatic rings. The van der Waals surface area contributed by atoms with Crippen LogP contribution < -0.4 is 10.1 Å². The minimum atomic E-state index is -1.03. The van der Waals surface area contributed by atoms with Crippen LogP contribution >= 0.6 is 0 Å². The van der Waals surface area contributed by atoms with Crippen molar-refractivity contribution in [1.82, 2.24) is 0 Å². The summed E-state index contributed by atoms with van der Waals surface area (Å²) < 4.78 is 18.7. The van der Waals surface area contributed by atoms with E-state index < -0.39 is 5.97 Å². The monoisotopic (exact) mass is 289 g/mol. The topological polar surface area (TPSA) is 58.6 Å². The van der Waals surface area contributed by atoms with Crippen molar-refractivity contribution in [2.75, 3.05) is 18.5 Å². The fourth-order valence-electron chi connectivity index (χ4n) is 1.96. The number of hydrogen-bond acceptors (Lipinski definition) is 3. The second-order valence-corrected chi connectivity index (χ2v) is 4.59. The lowest BCUT2D eigenvalue weighted by Crippen LogP contribution is -2.13. The van der Waals surface area contributed by atoms with Gasteiger partial charge in [0, 0.05) is 12.2 Å². The number of carbonyl (C=O) groups is 1. The Morgan fingerprint density at radius 1 is 1.29 bits per heavy atom. The number of carboxylic acids is 1. The number of anilines is 1. The highest BCUT2D eigenvalue weighted by atomic mass is 19.1. The zero-order valence-electron chi connectivity index (χ0n) is 11.6. The van der Waals surface area contributed by atoms with Gasteiger partial charge >= 0.3 is 5.97 Å². The third kappa shape index (κ3) is 4.21. The summed E-state index contributed by atoms with van der Waals surface area (Å²) in [6.07, 6.45) is 0. The zero-order valence-corrected chi connectivity index (χ0v) is 11.6. The molecular weight excluding hydrogens is 273 g/mol. The molecule has 0 spiro atoms. The first kappa shape index (κ1) is 14.8. The van der Waals surface area contributed by atoms with Crippen LogP contribution in [0.3, 0.4) is 0 Å². The second-order valence-electron chi connectivity index (χ2n) is 4.59. The first-order valence-corrected chi connectivity index (χ1v) is 6.52. The third-order valence-corrected chi connectivity index (χ3v) is 2.85. The van der Waals surface area contributed by atoms with Gasteiger partial charge in [0.1, 0.15) is 23.7 Å². The van der Waals surface area contributed by atoms with Crippen molar-refractivity contribution in [3.63, 3.8) is 0 Å². The van der Waals surface area contributed by atoms with Crippen molar-refractivity contribution in [2.24, 2.45) is 0 Å². The van der Waals surface area contributed by atoms with Gasteiger partial charge in [0.15, 0.2) is 0 Å². The van der Waals surface area contributed by atoms with Crippen LogP contribution in [-0.4, -0.2) is 24.2 Å². The Kier molecular flexibility index (Phi) is 4.77. The molecule has 2 aromatic carbocycles. The summed E-state index contributed by atoms with van der Waals surface area (Å²) in [4.78, 5) is 11.0. The molecule has 0 aromatic heterocycles. The van der Waals surface area contributed by atoms with E-state index in [4.69, 9.17) is 9.84 Å². The number of halogens is 1. The maximum atomic E-state index is 13.2. The van der Waals surface area contributed by atoms with Crippen molar-refractivity contribution in [3.8, 4) is 5.75 Å². The van der Waals surface area contributed by atoms with E-state index in [1.54, 1.807) is 18.2 Å². The number of rotatable bonds is 6. The Balaban J connectivity index is 1.89. The molecule has 2 N–H and O–H groups in total. The molecule has 4 nitrogen and oxygen atoms in total. The van der Waals surface area contributed by atoms with Gasteiger partial charge in [-0.2, -0.15) is 0 Å². The quantitative estimate of drug-likeness (QED) is 0.801. The van der Waals surface area contributed by atoms with Crippen molar-refractivity contribution >= 4 is 11.7 Å². The molecule has 0 saturated heterocycles. The highest BCUT2D eigenvalue weighted by Gasteiger charge is 2.09. The van der Waals surface area contributed by atoms with Crippen molar-refractivity contribution in [3.05, 3.63) is 59.4 Å². The molecule has 5 heteroatoms. The minimum Gasteiger partial charge on any atom is -0.491 e. The van der Waals surface area contributed by atoms with E-state index in [1.165, 1.54) is 18.2 Å². The van der Waals surface area contributed by atoms with E-state index in [0.717, 1.165) is 5.56 Å². The van der Waals surface area contributed by atoms with Crippen LogP contribution in [0.15, 0.2) is 42.5 Å². The lowest BCUT2D eigenvalue weighted by molar-refractivity contribution is 0.0692. The Hall–Kier alpha value is -2.56. The Morgan fingerprint density at radius 2 is 2.05 bits per heavy atom. The highest BCUT2D eigenvalue weighted by molar-refractivity contribution is 5.90. The predicted octanol–water partition coefficient (Wildman–Crippen LogP) is 3.32. The summed E-state index contributed by atoms with van der Waals surface area (Å²) in [5.74, 6) is -1.00. The normalized spacial score (nSPS) is 10.2. The van der Waals surface area contributed by atoms with Gasteiger partial charge in [0.05, 0.1) is 0 Å². The molecule has 0 aliphatic carbocycles. The Morgan fingerprint density at radius 3 is 2.76 bits per heavy atom. The van der Waals surface area contributed by atoms with Gasteiger partial charge < -0.3 is 15.2 Å². The molecule has 110 valence electrons. The van der Waals surface area contributed by atoms with Crippen molar-refractivity contribution in [1.29, 1.82) is 0 Å². The number of aryl methyl sites for hydroxylation is 1. The summed E-state index contributed by atoms with van der Waals surface area (Å²) in [5, 5.41) is 12.1. The van der Waals surface area contributed by atoms with Crippen LogP contribution in [0.2, 0.25) is 0 Å². The summed E-state index contributed by atoms with van der Waals surface area (Å²) in [6.45, 7) is 2.53.